The minimum atomic E-state index is -2.55. The average Bonchev–Trinajstić information content (AvgIpc) is 2.81. The molecule has 4 rings (SSSR count). The Morgan fingerprint density at radius 2 is 1.75 bits per heavy atom. The van der Waals surface area contributed by atoms with E-state index in [1.165, 1.54) is 6.42 Å². The summed E-state index contributed by atoms with van der Waals surface area (Å²) in [7, 11) is -2.55. The fourth-order valence-electron chi connectivity index (χ4n) is 4.10. The molecule has 0 bridgehead atoms. The van der Waals surface area contributed by atoms with Gasteiger partial charge < -0.3 is 5.32 Å². The third-order valence-electron chi connectivity index (χ3n) is 6.33. The van der Waals surface area contributed by atoms with Crippen LogP contribution in [0.4, 0.5) is 5.69 Å². The van der Waals surface area contributed by atoms with E-state index in [-0.39, 0.29) is 12.3 Å². The first-order valence-electron chi connectivity index (χ1n) is 11.5. The summed E-state index contributed by atoms with van der Waals surface area (Å²) < 4.78 is 22.3. The zero-order valence-electron chi connectivity index (χ0n) is 19.6. The normalized spacial score (nSPS) is 14.2. The molecule has 6 nitrogen and oxygen atoms in total. The third kappa shape index (κ3) is 6.08. The Labute approximate surface area is 222 Å². The van der Waals surface area contributed by atoms with Gasteiger partial charge in [0.2, 0.25) is 5.91 Å². The second kappa shape index (κ2) is 11.4. The number of carbonyl (C=O) groups excluding carboxylic acids is 1. The van der Waals surface area contributed by atoms with Crippen LogP contribution in [0.25, 0.3) is 11.1 Å². The number of nitrogens with zero attached hydrogens (tertiary/aromatic N) is 2. The van der Waals surface area contributed by atoms with Gasteiger partial charge in [-0.3, -0.25) is 9.69 Å². The van der Waals surface area contributed by atoms with E-state index < -0.39 is 16.0 Å². The maximum absolute atomic E-state index is 12.6. The van der Waals surface area contributed by atoms with Crippen molar-refractivity contribution in [3.8, 4) is 17.2 Å². The van der Waals surface area contributed by atoms with Crippen LogP contribution >= 0.6 is 23.2 Å². The molecule has 9 heteroatoms. The lowest BCUT2D eigenvalue weighted by Crippen LogP contribution is -2.36. The molecule has 1 aliphatic rings. The van der Waals surface area contributed by atoms with Crippen LogP contribution in [0.3, 0.4) is 0 Å². The average molecular weight is 542 g/mol. The molecule has 1 heterocycles. The predicted molar refractivity (Wildman–Crippen MR) is 144 cm³/mol. The summed E-state index contributed by atoms with van der Waals surface area (Å²) in [5, 5.41) is 12.6. The number of amides is 1. The van der Waals surface area contributed by atoms with Gasteiger partial charge in [-0.25, -0.2) is 8.42 Å². The molecule has 1 atom stereocenters. The number of thiol groups is 1. The number of benzene rings is 3. The second-order valence-corrected chi connectivity index (χ2v) is 11.0. The molecule has 36 heavy (non-hydrogen) atoms. The van der Waals surface area contributed by atoms with Crippen LogP contribution in [0.5, 0.6) is 0 Å². The molecule has 0 saturated carbocycles. The minimum Gasteiger partial charge on any atom is -0.326 e. The van der Waals surface area contributed by atoms with E-state index in [0.717, 1.165) is 36.3 Å². The zero-order chi connectivity index (χ0) is 25.8. The molecule has 1 unspecified atom stereocenters. The number of hydrogen-bond acceptors (Lipinski definition) is 5. The molecule has 186 valence electrons. The lowest BCUT2D eigenvalue weighted by atomic mass is 9.98. The van der Waals surface area contributed by atoms with Crippen molar-refractivity contribution in [1.29, 1.82) is 5.26 Å². The Balaban J connectivity index is 1.47. The van der Waals surface area contributed by atoms with Crippen molar-refractivity contribution < 1.29 is 13.2 Å². The van der Waals surface area contributed by atoms with Crippen molar-refractivity contribution in [3.05, 3.63) is 86.9 Å². The van der Waals surface area contributed by atoms with E-state index in [9.17, 15) is 18.5 Å². The molecule has 3 aromatic carbocycles. The van der Waals surface area contributed by atoms with Crippen LogP contribution in [0.1, 0.15) is 40.8 Å². The van der Waals surface area contributed by atoms with Gasteiger partial charge in [-0.2, -0.15) is 5.26 Å². The van der Waals surface area contributed by atoms with E-state index in [1.807, 2.05) is 12.1 Å². The Morgan fingerprint density at radius 1 is 1.08 bits per heavy atom. The van der Waals surface area contributed by atoms with Crippen molar-refractivity contribution >= 4 is 45.5 Å². The molecular formula is C27H25Cl2N3O3S. The molecule has 3 aromatic rings. The second-order valence-electron chi connectivity index (χ2n) is 8.86. The summed E-state index contributed by atoms with van der Waals surface area (Å²) in [5.41, 5.74) is 4.79. The van der Waals surface area contributed by atoms with Gasteiger partial charge in [-0.05, 0) is 66.9 Å². The van der Waals surface area contributed by atoms with Gasteiger partial charge in [0, 0.05) is 17.8 Å². The molecule has 1 N–H and O–H groups in total. The predicted octanol–water partition coefficient (Wildman–Crippen LogP) is 5.59. The molecule has 0 radical (unpaired) electrons. The van der Waals surface area contributed by atoms with Crippen LogP contribution in [0, 0.1) is 11.3 Å². The van der Waals surface area contributed by atoms with Crippen molar-refractivity contribution in [2.75, 3.05) is 18.4 Å². The van der Waals surface area contributed by atoms with E-state index in [2.05, 4.69) is 16.3 Å². The number of anilines is 1. The number of nitrogens with one attached hydrogen (secondary N) is 1. The summed E-state index contributed by atoms with van der Waals surface area (Å²) in [6.45, 7) is 4.46. The van der Waals surface area contributed by atoms with Crippen molar-refractivity contribution in [3.63, 3.8) is 0 Å². The minimum absolute atomic E-state index is 0.110. The maximum Gasteiger partial charge on any atom is 0.228 e. The maximum atomic E-state index is 12.6. The van der Waals surface area contributed by atoms with Crippen molar-refractivity contribution in [2.24, 2.45) is 0 Å². The van der Waals surface area contributed by atoms with E-state index in [0.29, 0.717) is 32.4 Å². The molecule has 0 spiro atoms. The van der Waals surface area contributed by atoms with Gasteiger partial charge in [-0.15, -0.1) is 0 Å². The Bertz CT molecular complexity index is 1380. The molecular weight excluding hydrogens is 517 g/mol. The van der Waals surface area contributed by atoms with Gasteiger partial charge in [0.05, 0.1) is 33.3 Å². The fraction of sp³-hybridized carbons (Fsp3) is 0.259. The number of nitriles is 1. The highest BCUT2D eigenvalue weighted by Crippen LogP contribution is 2.38. The molecule has 0 aliphatic carbocycles. The lowest BCUT2D eigenvalue weighted by Gasteiger charge is -2.31. The first-order chi connectivity index (χ1) is 17.2. The van der Waals surface area contributed by atoms with Crippen LogP contribution in [-0.2, 0) is 28.5 Å². The Hall–Kier alpha value is -2.89. The molecule has 0 aromatic heterocycles. The number of rotatable bonds is 8. The lowest BCUT2D eigenvalue weighted by molar-refractivity contribution is -0.115. The highest BCUT2D eigenvalue weighted by atomic mass is 35.5. The Morgan fingerprint density at radius 3 is 2.31 bits per heavy atom. The van der Waals surface area contributed by atoms with Crippen molar-refractivity contribution in [1.82, 2.24) is 4.90 Å². The smallest absolute Gasteiger partial charge is 0.228 e. The SMILES string of the molecule is CC(c1ccc(CC(=O)Nc2cc(Cl)c(-c3ccc(CN4CCC4)c(C#N)c3)c(Cl)c2)cc1)[SH](=O)=O. The summed E-state index contributed by atoms with van der Waals surface area (Å²) in [6, 6.07) is 18.1. The molecule has 1 fully saturated rings. The van der Waals surface area contributed by atoms with E-state index >= 15 is 0 Å². The zero-order valence-corrected chi connectivity index (χ0v) is 22.0. The molecule has 1 saturated heterocycles. The number of likely N-dealkylation sites (tertiary alicyclic amines) is 1. The van der Waals surface area contributed by atoms with Crippen LogP contribution in [0.2, 0.25) is 10.0 Å². The summed E-state index contributed by atoms with van der Waals surface area (Å²) in [4.78, 5) is 14.9. The van der Waals surface area contributed by atoms with Crippen LogP contribution in [0.15, 0.2) is 54.6 Å². The standard InChI is InChI=1S/C27H25Cl2N3O3S/c1-17(36(34)35)19-5-3-18(4-6-19)11-26(33)31-23-13-24(28)27(25(29)14-23)20-7-8-21(22(12-20)15-30)16-32-9-2-10-32/h3-8,12-14,17,36H,2,9-11,16H2,1H3,(H,31,33). The first kappa shape index (κ1) is 26.2. The molecule has 1 aliphatic heterocycles. The highest BCUT2D eigenvalue weighted by molar-refractivity contribution is 7.72. The number of carbonyl (C=O) groups is 1. The summed E-state index contributed by atoms with van der Waals surface area (Å²) in [6.07, 6.45) is 1.30. The van der Waals surface area contributed by atoms with E-state index in [4.69, 9.17) is 23.2 Å². The number of hydrogen-bond donors (Lipinski definition) is 2. The summed E-state index contributed by atoms with van der Waals surface area (Å²) >= 11 is 13.1. The van der Waals surface area contributed by atoms with Gasteiger partial charge in [0.1, 0.15) is 10.7 Å². The first-order valence-corrected chi connectivity index (χ1v) is 13.5. The van der Waals surface area contributed by atoms with Gasteiger partial charge in [0.25, 0.3) is 0 Å². The fourth-order valence-corrected chi connectivity index (χ4v) is 5.22. The van der Waals surface area contributed by atoms with Gasteiger partial charge in [0.15, 0.2) is 0 Å². The summed E-state index contributed by atoms with van der Waals surface area (Å²) in [5.74, 6) is -0.257. The third-order valence-corrected chi connectivity index (χ3v) is 7.86. The largest absolute Gasteiger partial charge is 0.326 e. The van der Waals surface area contributed by atoms with E-state index in [1.54, 1.807) is 49.4 Å². The quantitative estimate of drug-likeness (QED) is 0.362. The van der Waals surface area contributed by atoms with Crippen molar-refractivity contribution in [2.45, 2.75) is 31.6 Å². The molecule has 1 amide bonds. The van der Waals surface area contributed by atoms with Crippen LogP contribution < -0.4 is 5.32 Å². The van der Waals surface area contributed by atoms with Gasteiger partial charge in [-0.1, -0.05) is 59.6 Å². The van der Waals surface area contributed by atoms with Crippen LogP contribution in [-0.4, -0.2) is 32.3 Å². The number of halogens is 2. The monoisotopic (exact) mass is 541 g/mol. The van der Waals surface area contributed by atoms with Gasteiger partial charge >= 0.3 is 0 Å². The Kier molecular flexibility index (Phi) is 8.32. The topological polar surface area (TPSA) is 90.3 Å². The highest BCUT2D eigenvalue weighted by Gasteiger charge is 2.18.